The summed E-state index contributed by atoms with van der Waals surface area (Å²) in [6.45, 7) is 1.97. The largest absolute Gasteiger partial charge is 0.338 e. The third-order valence-corrected chi connectivity index (χ3v) is 2.47. The molecule has 0 bridgehead atoms. The summed E-state index contributed by atoms with van der Waals surface area (Å²) >= 11 is 6.07. The summed E-state index contributed by atoms with van der Waals surface area (Å²) in [6, 6.07) is 7.59. The molecule has 0 fully saturated rings. The number of nitrogens with zero attached hydrogens (tertiary/aromatic N) is 3. The van der Waals surface area contributed by atoms with Crippen molar-refractivity contribution >= 4 is 23.1 Å². The van der Waals surface area contributed by atoms with Gasteiger partial charge in [0, 0.05) is 0 Å². The van der Waals surface area contributed by atoms with Crippen LogP contribution in [-0.4, -0.2) is 9.97 Å². The zero-order valence-corrected chi connectivity index (χ0v) is 9.86. The summed E-state index contributed by atoms with van der Waals surface area (Å²) in [5.74, 6) is 0.551. The average molecular weight is 245 g/mol. The number of hydrogen-bond donors (Lipinski definition) is 1. The maximum atomic E-state index is 8.60. The minimum atomic E-state index is 0.283. The molecule has 2 aromatic rings. The Balaban J connectivity index is 2.23. The molecule has 0 saturated heterocycles. The second kappa shape index (κ2) is 4.81. The van der Waals surface area contributed by atoms with Crippen LogP contribution >= 0.6 is 11.6 Å². The summed E-state index contributed by atoms with van der Waals surface area (Å²) < 4.78 is 0. The van der Waals surface area contributed by atoms with E-state index in [9.17, 15) is 0 Å². The third kappa shape index (κ3) is 2.71. The fraction of sp³-hybridized carbons (Fsp3) is 0.0833. The Morgan fingerprint density at radius 1 is 1.29 bits per heavy atom. The lowest BCUT2D eigenvalue weighted by molar-refractivity contribution is 1.16. The molecule has 0 aliphatic carbocycles. The molecular formula is C12H9ClN4. The summed E-state index contributed by atoms with van der Waals surface area (Å²) in [5, 5.41) is 12.3. The lowest BCUT2D eigenvalue weighted by Crippen LogP contribution is -1.96. The standard InChI is InChI=1S/C12H9ClN4/c1-8-2-3-11(10(13)4-8)17-12-7-15-9(5-14)6-16-12/h2-4,6-7H,1H3,(H,16,17). The normalized spacial score (nSPS) is 9.71. The van der Waals surface area contributed by atoms with Crippen molar-refractivity contribution in [1.82, 2.24) is 9.97 Å². The summed E-state index contributed by atoms with van der Waals surface area (Å²) in [6.07, 6.45) is 2.90. The van der Waals surface area contributed by atoms with Gasteiger partial charge in [-0.2, -0.15) is 5.26 Å². The number of aromatic nitrogens is 2. The number of hydrogen-bond acceptors (Lipinski definition) is 4. The van der Waals surface area contributed by atoms with Crippen LogP contribution in [0.4, 0.5) is 11.5 Å². The molecule has 1 aromatic heterocycles. The van der Waals surface area contributed by atoms with E-state index in [1.54, 1.807) is 0 Å². The molecule has 17 heavy (non-hydrogen) atoms. The van der Waals surface area contributed by atoms with E-state index in [1.807, 2.05) is 31.2 Å². The van der Waals surface area contributed by atoms with Crippen LogP contribution in [0.25, 0.3) is 0 Å². The molecule has 0 amide bonds. The first-order valence-electron chi connectivity index (χ1n) is 4.94. The van der Waals surface area contributed by atoms with Crippen molar-refractivity contribution in [3.8, 4) is 6.07 Å². The molecule has 4 nitrogen and oxygen atoms in total. The Hall–Kier alpha value is -2.12. The van der Waals surface area contributed by atoms with E-state index in [0.29, 0.717) is 10.8 Å². The van der Waals surface area contributed by atoms with E-state index < -0.39 is 0 Å². The van der Waals surface area contributed by atoms with Gasteiger partial charge >= 0.3 is 0 Å². The molecule has 0 spiro atoms. The Morgan fingerprint density at radius 3 is 2.71 bits per heavy atom. The Bertz CT molecular complexity index is 572. The fourth-order valence-electron chi connectivity index (χ4n) is 1.31. The summed E-state index contributed by atoms with van der Waals surface area (Å²) in [7, 11) is 0. The minimum Gasteiger partial charge on any atom is -0.338 e. The molecule has 0 radical (unpaired) electrons. The number of nitrogens with one attached hydrogen (secondary N) is 1. The lowest BCUT2D eigenvalue weighted by Gasteiger charge is -2.07. The average Bonchev–Trinajstić information content (AvgIpc) is 2.34. The van der Waals surface area contributed by atoms with Gasteiger partial charge in [-0.3, -0.25) is 0 Å². The number of anilines is 2. The molecule has 1 heterocycles. The molecule has 0 aliphatic heterocycles. The van der Waals surface area contributed by atoms with Crippen molar-refractivity contribution < 1.29 is 0 Å². The van der Waals surface area contributed by atoms with E-state index >= 15 is 0 Å². The Labute approximate surface area is 104 Å². The Kier molecular flexibility index (Phi) is 3.22. The monoisotopic (exact) mass is 244 g/mol. The third-order valence-electron chi connectivity index (χ3n) is 2.15. The van der Waals surface area contributed by atoms with Gasteiger partial charge in [0.25, 0.3) is 0 Å². The SMILES string of the molecule is Cc1ccc(Nc2cnc(C#N)cn2)c(Cl)c1. The van der Waals surface area contributed by atoms with Gasteiger partial charge in [-0.1, -0.05) is 17.7 Å². The van der Waals surface area contributed by atoms with Gasteiger partial charge in [0.05, 0.1) is 23.1 Å². The minimum absolute atomic E-state index is 0.283. The molecule has 0 unspecified atom stereocenters. The van der Waals surface area contributed by atoms with Crippen LogP contribution in [0.5, 0.6) is 0 Å². The number of rotatable bonds is 2. The van der Waals surface area contributed by atoms with E-state index in [2.05, 4.69) is 15.3 Å². The number of halogens is 1. The van der Waals surface area contributed by atoms with Gasteiger partial charge in [0.1, 0.15) is 11.9 Å². The highest BCUT2D eigenvalue weighted by atomic mass is 35.5. The first-order chi connectivity index (χ1) is 8.19. The van der Waals surface area contributed by atoms with Crippen LogP contribution in [0.2, 0.25) is 5.02 Å². The van der Waals surface area contributed by atoms with Crippen LogP contribution < -0.4 is 5.32 Å². The first kappa shape index (κ1) is 11.4. The molecule has 0 atom stereocenters. The van der Waals surface area contributed by atoms with Gasteiger partial charge in [-0.15, -0.1) is 0 Å². The van der Waals surface area contributed by atoms with Gasteiger partial charge in [0.2, 0.25) is 0 Å². The molecule has 1 N–H and O–H groups in total. The molecule has 2 rings (SSSR count). The van der Waals surface area contributed by atoms with Crippen molar-refractivity contribution in [3.05, 3.63) is 46.9 Å². The molecule has 0 saturated carbocycles. The van der Waals surface area contributed by atoms with Crippen LogP contribution in [0.1, 0.15) is 11.3 Å². The molecule has 5 heteroatoms. The quantitative estimate of drug-likeness (QED) is 0.882. The first-order valence-corrected chi connectivity index (χ1v) is 5.32. The predicted octanol–water partition coefficient (Wildman–Crippen LogP) is 3.05. The van der Waals surface area contributed by atoms with Gasteiger partial charge in [-0.25, -0.2) is 9.97 Å². The van der Waals surface area contributed by atoms with Crippen molar-refractivity contribution in [2.24, 2.45) is 0 Å². The molecule has 0 aliphatic rings. The Morgan fingerprint density at radius 2 is 2.12 bits per heavy atom. The smallest absolute Gasteiger partial charge is 0.158 e. The van der Waals surface area contributed by atoms with E-state index in [0.717, 1.165) is 11.3 Å². The molecule has 1 aromatic carbocycles. The zero-order valence-electron chi connectivity index (χ0n) is 9.11. The summed E-state index contributed by atoms with van der Waals surface area (Å²) in [5.41, 5.74) is 2.13. The van der Waals surface area contributed by atoms with Gasteiger partial charge in [-0.05, 0) is 24.6 Å². The van der Waals surface area contributed by atoms with Gasteiger partial charge < -0.3 is 5.32 Å². The van der Waals surface area contributed by atoms with Crippen molar-refractivity contribution in [2.75, 3.05) is 5.32 Å². The molecular weight excluding hydrogens is 236 g/mol. The molecule has 84 valence electrons. The van der Waals surface area contributed by atoms with E-state index in [1.165, 1.54) is 12.4 Å². The predicted molar refractivity (Wildman–Crippen MR) is 66.2 cm³/mol. The lowest BCUT2D eigenvalue weighted by atomic mass is 10.2. The van der Waals surface area contributed by atoms with Crippen LogP contribution in [0.3, 0.4) is 0 Å². The second-order valence-electron chi connectivity index (χ2n) is 3.51. The number of aryl methyl sites for hydroxylation is 1. The number of benzene rings is 1. The summed E-state index contributed by atoms with van der Waals surface area (Å²) in [4.78, 5) is 7.96. The van der Waals surface area contributed by atoms with Crippen LogP contribution in [0, 0.1) is 18.3 Å². The maximum absolute atomic E-state index is 8.60. The van der Waals surface area contributed by atoms with Crippen LogP contribution in [-0.2, 0) is 0 Å². The number of nitriles is 1. The highest BCUT2D eigenvalue weighted by Gasteiger charge is 2.02. The van der Waals surface area contributed by atoms with Crippen molar-refractivity contribution in [3.63, 3.8) is 0 Å². The highest BCUT2D eigenvalue weighted by molar-refractivity contribution is 6.33. The van der Waals surface area contributed by atoms with Crippen LogP contribution in [0.15, 0.2) is 30.6 Å². The topological polar surface area (TPSA) is 61.6 Å². The maximum Gasteiger partial charge on any atom is 0.158 e. The second-order valence-corrected chi connectivity index (χ2v) is 3.91. The highest BCUT2D eigenvalue weighted by Crippen LogP contribution is 2.25. The van der Waals surface area contributed by atoms with E-state index in [4.69, 9.17) is 16.9 Å². The van der Waals surface area contributed by atoms with Gasteiger partial charge in [0.15, 0.2) is 5.69 Å². The van der Waals surface area contributed by atoms with E-state index in [-0.39, 0.29) is 5.69 Å². The fourth-order valence-corrected chi connectivity index (χ4v) is 1.59. The van der Waals surface area contributed by atoms with Crippen molar-refractivity contribution in [2.45, 2.75) is 6.92 Å². The zero-order chi connectivity index (χ0) is 12.3. The van der Waals surface area contributed by atoms with Crippen molar-refractivity contribution in [1.29, 1.82) is 5.26 Å².